The Hall–Kier alpha value is -3.09. The van der Waals surface area contributed by atoms with Gasteiger partial charge in [0, 0.05) is 17.8 Å². The molecule has 0 aliphatic carbocycles. The van der Waals surface area contributed by atoms with E-state index in [1.54, 1.807) is 24.3 Å². The first-order valence-electron chi connectivity index (χ1n) is 8.51. The third kappa shape index (κ3) is 5.47. The summed E-state index contributed by atoms with van der Waals surface area (Å²) in [6.07, 6.45) is 1.89. The Labute approximate surface area is 153 Å². The molecule has 0 bridgehead atoms. The monoisotopic (exact) mass is 356 g/mol. The Morgan fingerprint density at radius 1 is 1.15 bits per heavy atom. The number of carbonyl (C=O) groups is 2. The minimum Gasteiger partial charge on any atom is -0.495 e. The number of unbranched alkanes of at least 4 members (excludes halogenated alkanes) is 1. The molecule has 3 amide bonds. The van der Waals surface area contributed by atoms with Gasteiger partial charge in [0.15, 0.2) is 0 Å². The van der Waals surface area contributed by atoms with Crippen molar-refractivity contribution in [3.8, 4) is 5.75 Å². The molecule has 1 heterocycles. The van der Waals surface area contributed by atoms with E-state index in [0.29, 0.717) is 29.4 Å². The van der Waals surface area contributed by atoms with E-state index in [0.717, 1.165) is 18.5 Å². The fraction of sp³-hybridized carbons (Fsp3) is 0.316. The molecule has 0 spiro atoms. The number of aryl methyl sites for hydroxylation is 1. The smallest absolute Gasteiger partial charge is 0.319 e. The van der Waals surface area contributed by atoms with Gasteiger partial charge in [0.05, 0.1) is 12.8 Å². The van der Waals surface area contributed by atoms with Gasteiger partial charge in [0.1, 0.15) is 11.6 Å². The third-order valence-corrected chi connectivity index (χ3v) is 3.66. The van der Waals surface area contributed by atoms with Crippen molar-refractivity contribution in [2.24, 2.45) is 0 Å². The van der Waals surface area contributed by atoms with Crippen molar-refractivity contribution in [2.75, 3.05) is 24.3 Å². The summed E-state index contributed by atoms with van der Waals surface area (Å²) in [6.45, 7) is 4.49. The van der Waals surface area contributed by atoms with E-state index >= 15 is 0 Å². The molecule has 2 rings (SSSR count). The predicted octanol–water partition coefficient (Wildman–Crippen LogP) is 3.57. The normalized spacial score (nSPS) is 10.1. The maximum absolute atomic E-state index is 12.5. The number of carbonyl (C=O) groups excluding carboxylic acids is 2. The molecule has 0 atom stereocenters. The number of methoxy groups -OCH3 is 1. The van der Waals surface area contributed by atoms with Crippen LogP contribution >= 0.6 is 0 Å². The largest absolute Gasteiger partial charge is 0.495 e. The quantitative estimate of drug-likeness (QED) is 0.661. The molecule has 1 aromatic carbocycles. The Bertz CT molecular complexity index is 777. The summed E-state index contributed by atoms with van der Waals surface area (Å²) in [5, 5.41) is 8.22. The summed E-state index contributed by atoms with van der Waals surface area (Å²) >= 11 is 0. The van der Waals surface area contributed by atoms with Gasteiger partial charge >= 0.3 is 6.03 Å². The van der Waals surface area contributed by atoms with E-state index < -0.39 is 0 Å². The molecule has 26 heavy (non-hydrogen) atoms. The first kappa shape index (κ1) is 19.2. The van der Waals surface area contributed by atoms with Crippen molar-refractivity contribution in [2.45, 2.75) is 26.7 Å². The molecule has 2 aromatic rings. The molecule has 0 saturated heterocycles. The van der Waals surface area contributed by atoms with E-state index in [1.165, 1.54) is 7.11 Å². The number of aromatic nitrogens is 1. The number of nitrogens with zero attached hydrogens (tertiary/aromatic N) is 1. The lowest BCUT2D eigenvalue weighted by Gasteiger charge is -2.13. The van der Waals surface area contributed by atoms with Gasteiger partial charge in [-0.2, -0.15) is 0 Å². The van der Waals surface area contributed by atoms with Gasteiger partial charge in [-0.1, -0.05) is 19.4 Å². The summed E-state index contributed by atoms with van der Waals surface area (Å²) in [7, 11) is 1.51. The highest BCUT2D eigenvalue weighted by molar-refractivity contribution is 6.05. The van der Waals surface area contributed by atoms with Crippen LogP contribution < -0.4 is 20.7 Å². The Morgan fingerprint density at radius 2 is 1.96 bits per heavy atom. The maximum Gasteiger partial charge on any atom is 0.319 e. The lowest BCUT2D eigenvalue weighted by molar-refractivity contribution is 0.102. The van der Waals surface area contributed by atoms with E-state index in [4.69, 9.17) is 4.74 Å². The minimum atomic E-state index is -0.338. The summed E-state index contributed by atoms with van der Waals surface area (Å²) in [5.74, 6) is 0.624. The highest BCUT2D eigenvalue weighted by Crippen LogP contribution is 2.25. The van der Waals surface area contributed by atoms with Crippen molar-refractivity contribution in [1.29, 1.82) is 0 Å². The Kier molecular flexibility index (Phi) is 6.96. The number of benzene rings is 1. The molecule has 0 saturated carbocycles. The van der Waals surface area contributed by atoms with Crippen molar-refractivity contribution >= 4 is 23.4 Å². The van der Waals surface area contributed by atoms with Crippen LogP contribution in [0, 0.1) is 6.92 Å². The Morgan fingerprint density at radius 3 is 2.65 bits per heavy atom. The second kappa shape index (κ2) is 9.41. The number of anilines is 2. The molecule has 7 heteroatoms. The van der Waals surface area contributed by atoms with Gasteiger partial charge in [-0.3, -0.25) is 4.79 Å². The first-order valence-corrected chi connectivity index (χ1v) is 8.51. The lowest BCUT2D eigenvalue weighted by Crippen LogP contribution is -2.29. The fourth-order valence-electron chi connectivity index (χ4n) is 2.29. The van der Waals surface area contributed by atoms with Crippen LogP contribution in [-0.4, -0.2) is 30.6 Å². The van der Waals surface area contributed by atoms with Crippen LogP contribution in [0.1, 0.15) is 35.8 Å². The molecule has 7 nitrogen and oxygen atoms in total. The van der Waals surface area contributed by atoms with E-state index in [2.05, 4.69) is 20.9 Å². The molecular formula is C19H24N4O3. The van der Waals surface area contributed by atoms with Crippen LogP contribution in [0.5, 0.6) is 5.75 Å². The zero-order valence-electron chi connectivity index (χ0n) is 15.3. The number of ether oxygens (including phenoxy) is 1. The van der Waals surface area contributed by atoms with Gasteiger partial charge in [0.25, 0.3) is 5.91 Å². The molecule has 0 aliphatic heterocycles. The van der Waals surface area contributed by atoms with Gasteiger partial charge in [-0.15, -0.1) is 0 Å². The molecule has 0 radical (unpaired) electrons. The summed E-state index contributed by atoms with van der Waals surface area (Å²) < 4.78 is 5.25. The van der Waals surface area contributed by atoms with Crippen molar-refractivity contribution in [1.82, 2.24) is 10.3 Å². The molecule has 0 aliphatic rings. The zero-order valence-corrected chi connectivity index (χ0v) is 15.3. The summed E-state index contributed by atoms with van der Waals surface area (Å²) in [5.41, 5.74) is 1.62. The number of urea groups is 1. The average molecular weight is 356 g/mol. The van der Waals surface area contributed by atoms with Crippen molar-refractivity contribution in [3.63, 3.8) is 0 Å². The number of pyridine rings is 1. The summed E-state index contributed by atoms with van der Waals surface area (Å²) in [6, 6.07) is 9.89. The van der Waals surface area contributed by atoms with Crippen molar-refractivity contribution < 1.29 is 14.3 Å². The number of rotatable bonds is 7. The van der Waals surface area contributed by atoms with Gasteiger partial charge in [-0.05, 0) is 43.7 Å². The third-order valence-electron chi connectivity index (χ3n) is 3.66. The summed E-state index contributed by atoms with van der Waals surface area (Å²) in [4.78, 5) is 28.7. The molecule has 3 N–H and O–H groups in total. The SMILES string of the molecule is CCCCNC(=O)Nc1cc(C(=O)Nc2cccc(C)n2)ccc1OC. The highest BCUT2D eigenvalue weighted by Gasteiger charge is 2.13. The van der Waals surface area contributed by atoms with Crippen LogP contribution in [0.4, 0.5) is 16.3 Å². The van der Waals surface area contributed by atoms with Gasteiger partial charge in [0.2, 0.25) is 0 Å². The Balaban J connectivity index is 2.12. The van der Waals surface area contributed by atoms with Crippen LogP contribution in [-0.2, 0) is 0 Å². The zero-order chi connectivity index (χ0) is 18.9. The van der Waals surface area contributed by atoms with Gasteiger partial charge in [-0.25, -0.2) is 9.78 Å². The topological polar surface area (TPSA) is 92.4 Å². The molecule has 0 fully saturated rings. The van der Waals surface area contributed by atoms with Crippen LogP contribution in [0.3, 0.4) is 0 Å². The molecule has 0 unspecified atom stereocenters. The van der Waals surface area contributed by atoms with Crippen LogP contribution in [0.25, 0.3) is 0 Å². The van der Waals surface area contributed by atoms with Gasteiger partial charge < -0.3 is 20.7 Å². The van der Waals surface area contributed by atoms with E-state index in [9.17, 15) is 9.59 Å². The highest BCUT2D eigenvalue weighted by atomic mass is 16.5. The minimum absolute atomic E-state index is 0.319. The number of nitrogens with one attached hydrogen (secondary N) is 3. The second-order valence-corrected chi connectivity index (χ2v) is 5.77. The number of hydrogen-bond acceptors (Lipinski definition) is 4. The maximum atomic E-state index is 12.5. The number of hydrogen-bond donors (Lipinski definition) is 3. The standard InChI is InChI=1S/C19H24N4O3/c1-4-5-11-20-19(25)22-15-12-14(9-10-16(15)26-3)18(24)23-17-8-6-7-13(2)21-17/h6-10,12H,4-5,11H2,1-3H3,(H2,20,22,25)(H,21,23,24). The van der Waals surface area contributed by atoms with Crippen LogP contribution in [0.2, 0.25) is 0 Å². The predicted molar refractivity (Wildman–Crippen MR) is 102 cm³/mol. The van der Waals surface area contributed by atoms with E-state index in [-0.39, 0.29) is 11.9 Å². The molecule has 138 valence electrons. The van der Waals surface area contributed by atoms with Crippen LogP contribution in [0.15, 0.2) is 36.4 Å². The second-order valence-electron chi connectivity index (χ2n) is 5.77. The first-order chi connectivity index (χ1) is 12.5. The number of amides is 3. The molecule has 1 aromatic heterocycles. The molecular weight excluding hydrogens is 332 g/mol. The van der Waals surface area contributed by atoms with Crippen molar-refractivity contribution in [3.05, 3.63) is 47.7 Å². The lowest BCUT2D eigenvalue weighted by atomic mass is 10.1. The van der Waals surface area contributed by atoms with E-state index in [1.807, 2.05) is 26.0 Å². The fourth-order valence-corrected chi connectivity index (χ4v) is 2.29. The average Bonchev–Trinajstić information content (AvgIpc) is 2.62.